The van der Waals surface area contributed by atoms with E-state index in [0.29, 0.717) is 28.8 Å². The van der Waals surface area contributed by atoms with Gasteiger partial charge in [-0.3, -0.25) is 14.5 Å². The molecule has 160 valence electrons. The zero-order valence-corrected chi connectivity index (χ0v) is 20.0. The summed E-state index contributed by atoms with van der Waals surface area (Å²) in [6.07, 6.45) is 4.62. The molecule has 1 fully saturated rings. The monoisotopic (exact) mass is 518 g/mol. The average molecular weight is 520 g/mol. The van der Waals surface area contributed by atoms with E-state index in [1.165, 1.54) is 4.90 Å². The highest BCUT2D eigenvalue weighted by molar-refractivity contribution is 9.10. The summed E-state index contributed by atoms with van der Waals surface area (Å²) in [5.74, 6) is 0.444. The number of fused-ring (bicyclic) bond motifs is 1. The molecule has 31 heavy (non-hydrogen) atoms. The van der Waals surface area contributed by atoms with Crippen molar-refractivity contribution in [1.29, 1.82) is 0 Å². The molecule has 0 unspecified atom stereocenters. The SMILES string of the molecule is CCN1C(=O)S/C(=C\c2cn(CCCOc3ccccc3Cl)c3ccc(Br)cc23)C1=O. The fourth-order valence-corrected chi connectivity index (χ4v) is 4.93. The molecule has 0 saturated carbocycles. The molecule has 0 N–H and O–H groups in total. The fraction of sp³-hybridized carbons (Fsp3) is 0.217. The van der Waals surface area contributed by atoms with E-state index in [1.54, 1.807) is 13.0 Å². The number of benzene rings is 2. The molecule has 1 aromatic heterocycles. The maximum Gasteiger partial charge on any atom is 0.293 e. The Morgan fingerprint density at radius 2 is 2.00 bits per heavy atom. The summed E-state index contributed by atoms with van der Waals surface area (Å²) in [4.78, 5) is 26.3. The Kier molecular flexibility index (Phi) is 6.74. The average Bonchev–Trinajstić information content (AvgIpc) is 3.22. The van der Waals surface area contributed by atoms with Crippen LogP contribution in [0.4, 0.5) is 4.79 Å². The standard InChI is InChI=1S/C23H20BrClN2O3S/c1-2-27-22(28)21(31-23(27)29)12-15-14-26(19-9-8-16(24)13-17(15)19)10-5-11-30-20-7-4-3-6-18(20)25/h3-4,6-9,12-14H,2,5,10-11H2,1H3/b21-12-. The number of amides is 2. The molecule has 1 saturated heterocycles. The highest BCUT2D eigenvalue weighted by Gasteiger charge is 2.33. The van der Waals surface area contributed by atoms with E-state index < -0.39 is 0 Å². The largest absolute Gasteiger partial charge is 0.492 e. The number of halogens is 2. The summed E-state index contributed by atoms with van der Waals surface area (Å²) in [6, 6.07) is 13.5. The van der Waals surface area contributed by atoms with Crippen molar-refractivity contribution in [2.24, 2.45) is 0 Å². The second-order valence-corrected chi connectivity index (χ2v) is 9.31. The van der Waals surface area contributed by atoms with Gasteiger partial charge in [-0.15, -0.1) is 0 Å². The van der Waals surface area contributed by atoms with Crippen molar-refractivity contribution in [1.82, 2.24) is 9.47 Å². The van der Waals surface area contributed by atoms with Crippen molar-refractivity contribution in [3.8, 4) is 5.75 Å². The van der Waals surface area contributed by atoms with Crippen molar-refractivity contribution >= 4 is 67.4 Å². The van der Waals surface area contributed by atoms with Gasteiger partial charge in [0, 0.05) is 40.2 Å². The number of carbonyl (C=O) groups excluding carboxylic acids is 2. The van der Waals surface area contributed by atoms with Gasteiger partial charge >= 0.3 is 0 Å². The molecule has 2 heterocycles. The molecule has 1 aliphatic rings. The third-order valence-electron chi connectivity index (χ3n) is 4.99. The summed E-state index contributed by atoms with van der Waals surface area (Å²) >= 11 is 10.7. The number of nitrogens with zero attached hydrogens (tertiary/aromatic N) is 2. The van der Waals surface area contributed by atoms with Gasteiger partial charge in [-0.05, 0) is 61.5 Å². The molecule has 0 radical (unpaired) electrons. The summed E-state index contributed by atoms with van der Waals surface area (Å²) in [5, 5.41) is 1.40. The Labute approximate surface area is 198 Å². The number of likely N-dealkylation sites (N-methyl/N-ethyl adjacent to an activating group) is 1. The zero-order valence-electron chi connectivity index (χ0n) is 16.8. The van der Waals surface area contributed by atoms with Gasteiger partial charge in [0.2, 0.25) is 0 Å². The molecule has 3 aromatic rings. The van der Waals surface area contributed by atoms with E-state index in [4.69, 9.17) is 16.3 Å². The number of hydrogen-bond acceptors (Lipinski definition) is 4. The summed E-state index contributed by atoms with van der Waals surface area (Å²) in [6.45, 7) is 3.45. The molecule has 2 amide bonds. The van der Waals surface area contributed by atoms with Crippen LogP contribution in [0.25, 0.3) is 17.0 Å². The number of imide groups is 1. The van der Waals surface area contributed by atoms with Crippen LogP contribution < -0.4 is 4.74 Å². The maximum absolute atomic E-state index is 12.5. The van der Waals surface area contributed by atoms with Gasteiger partial charge in [-0.2, -0.15) is 0 Å². The minimum atomic E-state index is -0.235. The molecule has 4 rings (SSSR count). The third kappa shape index (κ3) is 4.68. The van der Waals surface area contributed by atoms with Crippen molar-refractivity contribution in [3.05, 3.63) is 68.6 Å². The number of ether oxygens (including phenoxy) is 1. The van der Waals surface area contributed by atoms with Gasteiger partial charge in [0.05, 0.1) is 16.5 Å². The summed E-state index contributed by atoms with van der Waals surface area (Å²) < 4.78 is 8.90. The Morgan fingerprint density at radius 3 is 2.74 bits per heavy atom. The van der Waals surface area contributed by atoms with Crippen LogP contribution >= 0.6 is 39.3 Å². The summed E-state index contributed by atoms with van der Waals surface area (Å²) in [5.41, 5.74) is 1.96. The van der Waals surface area contributed by atoms with E-state index in [0.717, 1.165) is 45.7 Å². The van der Waals surface area contributed by atoms with E-state index in [9.17, 15) is 9.59 Å². The van der Waals surface area contributed by atoms with Crippen molar-refractivity contribution in [3.63, 3.8) is 0 Å². The van der Waals surface area contributed by atoms with Gasteiger partial charge in [0.25, 0.3) is 11.1 Å². The minimum Gasteiger partial charge on any atom is -0.492 e. The van der Waals surface area contributed by atoms with Gasteiger partial charge in [0.1, 0.15) is 5.75 Å². The molecule has 8 heteroatoms. The molecular formula is C23H20BrClN2O3S. The maximum atomic E-state index is 12.5. The molecule has 0 atom stereocenters. The third-order valence-corrected chi connectivity index (χ3v) is 6.70. The Bertz CT molecular complexity index is 1190. The Hall–Kier alpha value is -2.22. The summed E-state index contributed by atoms with van der Waals surface area (Å²) in [7, 11) is 0. The van der Waals surface area contributed by atoms with Crippen LogP contribution in [0.1, 0.15) is 18.9 Å². The van der Waals surface area contributed by atoms with E-state index in [1.807, 2.05) is 48.7 Å². The molecule has 0 spiro atoms. The lowest BCUT2D eigenvalue weighted by Crippen LogP contribution is -2.27. The first-order chi connectivity index (χ1) is 15.0. The van der Waals surface area contributed by atoms with Crippen LogP contribution in [-0.2, 0) is 11.3 Å². The number of aryl methyl sites for hydroxylation is 1. The number of para-hydroxylation sites is 1. The van der Waals surface area contributed by atoms with E-state index in [-0.39, 0.29) is 11.1 Å². The lowest BCUT2D eigenvalue weighted by molar-refractivity contribution is -0.122. The van der Waals surface area contributed by atoms with Gasteiger partial charge in [-0.25, -0.2) is 0 Å². The second-order valence-electron chi connectivity index (χ2n) is 7.00. The van der Waals surface area contributed by atoms with Crippen LogP contribution in [0, 0.1) is 0 Å². The first-order valence-electron chi connectivity index (χ1n) is 9.89. The van der Waals surface area contributed by atoms with Crippen molar-refractivity contribution in [2.45, 2.75) is 19.9 Å². The number of carbonyl (C=O) groups is 2. The Morgan fingerprint density at radius 1 is 1.19 bits per heavy atom. The van der Waals surface area contributed by atoms with Crippen LogP contribution in [0.2, 0.25) is 5.02 Å². The lowest BCUT2D eigenvalue weighted by atomic mass is 10.1. The van der Waals surface area contributed by atoms with Crippen LogP contribution in [0.3, 0.4) is 0 Å². The molecule has 5 nitrogen and oxygen atoms in total. The fourth-order valence-electron chi connectivity index (χ4n) is 3.49. The zero-order chi connectivity index (χ0) is 22.0. The first kappa shape index (κ1) is 22.0. The molecule has 1 aliphatic heterocycles. The van der Waals surface area contributed by atoms with Gasteiger partial charge < -0.3 is 9.30 Å². The van der Waals surface area contributed by atoms with Crippen molar-refractivity contribution < 1.29 is 14.3 Å². The normalized spacial score (nSPS) is 15.5. The van der Waals surface area contributed by atoms with Crippen LogP contribution in [0.15, 0.2) is 58.0 Å². The van der Waals surface area contributed by atoms with E-state index in [2.05, 4.69) is 20.5 Å². The number of thioether (sulfide) groups is 1. The topological polar surface area (TPSA) is 51.5 Å². The number of aromatic nitrogens is 1. The van der Waals surface area contributed by atoms with Crippen LogP contribution in [-0.4, -0.2) is 33.8 Å². The van der Waals surface area contributed by atoms with Gasteiger partial charge in [-0.1, -0.05) is 39.7 Å². The Balaban J connectivity index is 1.55. The first-order valence-corrected chi connectivity index (χ1v) is 11.9. The quantitative estimate of drug-likeness (QED) is 0.261. The number of hydrogen-bond donors (Lipinski definition) is 0. The number of rotatable bonds is 7. The second kappa shape index (κ2) is 9.51. The van der Waals surface area contributed by atoms with Gasteiger partial charge in [0.15, 0.2) is 0 Å². The molecule has 0 aliphatic carbocycles. The van der Waals surface area contributed by atoms with Crippen molar-refractivity contribution in [2.75, 3.05) is 13.2 Å². The molecular weight excluding hydrogens is 500 g/mol. The lowest BCUT2D eigenvalue weighted by Gasteiger charge is -2.09. The minimum absolute atomic E-state index is 0.222. The van der Waals surface area contributed by atoms with Crippen LogP contribution in [0.5, 0.6) is 5.75 Å². The molecule has 2 aromatic carbocycles. The highest BCUT2D eigenvalue weighted by Crippen LogP contribution is 2.34. The molecule has 0 bridgehead atoms. The smallest absolute Gasteiger partial charge is 0.293 e. The van der Waals surface area contributed by atoms with E-state index >= 15 is 0 Å². The highest BCUT2D eigenvalue weighted by atomic mass is 79.9. The predicted octanol–water partition coefficient (Wildman–Crippen LogP) is 6.58. The predicted molar refractivity (Wildman–Crippen MR) is 130 cm³/mol.